The average Bonchev–Trinajstić information content (AvgIpc) is 2.94. The third-order valence-corrected chi connectivity index (χ3v) is 3.74. The molecule has 1 heterocycles. The predicted molar refractivity (Wildman–Crippen MR) is 82.0 cm³/mol. The quantitative estimate of drug-likeness (QED) is 0.335. The van der Waals surface area contributed by atoms with Gasteiger partial charge in [-0.05, 0) is 25.7 Å². The van der Waals surface area contributed by atoms with Crippen molar-refractivity contribution in [2.75, 3.05) is 33.5 Å². The third-order valence-electron chi connectivity index (χ3n) is 3.74. The van der Waals surface area contributed by atoms with E-state index in [2.05, 4.69) is 0 Å². The van der Waals surface area contributed by atoms with Gasteiger partial charge in [0.05, 0.1) is 13.2 Å². The van der Waals surface area contributed by atoms with E-state index in [4.69, 9.17) is 23.7 Å². The van der Waals surface area contributed by atoms with Crippen LogP contribution in [0, 0.1) is 0 Å². The topological polar surface area (TPSA) is 46.2 Å². The van der Waals surface area contributed by atoms with Crippen LogP contribution in [-0.2, 0) is 23.7 Å². The minimum Gasteiger partial charge on any atom is -0.379 e. The van der Waals surface area contributed by atoms with Crippen molar-refractivity contribution < 1.29 is 50.0 Å². The molecule has 0 aromatic heterocycles. The van der Waals surface area contributed by atoms with Crippen LogP contribution in [-0.4, -0.2) is 64.6 Å². The molecule has 1 aliphatic rings. The number of ether oxygens (including phenoxy) is 5. The molecule has 0 bridgehead atoms. The van der Waals surface area contributed by atoms with E-state index in [9.17, 15) is 26.3 Å². The molecule has 0 radical (unpaired) electrons. The summed E-state index contributed by atoms with van der Waals surface area (Å²) in [6.45, 7) is -0.429. The van der Waals surface area contributed by atoms with Crippen LogP contribution in [0.2, 0.25) is 0 Å². The number of rotatable bonds is 13. The molecule has 1 saturated heterocycles. The van der Waals surface area contributed by atoms with E-state index in [1.54, 1.807) is 0 Å². The zero-order chi connectivity index (χ0) is 20.3. The van der Waals surface area contributed by atoms with Gasteiger partial charge >= 0.3 is 12.4 Å². The van der Waals surface area contributed by atoms with Gasteiger partial charge in [-0.1, -0.05) is 0 Å². The Balaban J connectivity index is 2.17. The summed E-state index contributed by atoms with van der Waals surface area (Å²) in [7, 11) is 1.38. The summed E-state index contributed by atoms with van der Waals surface area (Å²) in [4.78, 5) is 0. The molecule has 1 rings (SSSR count). The maximum absolute atomic E-state index is 12.0. The summed E-state index contributed by atoms with van der Waals surface area (Å²) in [5.41, 5.74) is 0. The van der Waals surface area contributed by atoms with Gasteiger partial charge in [-0.3, -0.25) is 0 Å². The van der Waals surface area contributed by atoms with Crippen molar-refractivity contribution in [2.45, 2.75) is 69.6 Å². The van der Waals surface area contributed by atoms with Gasteiger partial charge in [0, 0.05) is 33.2 Å². The van der Waals surface area contributed by atoms with Gasteiger partial charge in [-0.25, -0.2) is 0 Å². The first-order valence-electron chi connectivity index (χ1n) is 8.73. The lowest BCUT2D eigenvalue weighted by Crippen LogP contribution is -2.32. The predicted octanol–water partition coefficient (Wildman–Crippen LogP) is 4.20. The molecule has 0 aromatic rings. The second-order valence-corrected chi connectivity index (χ2v) is 6.17. The molecule has 2 atom stereocenters. The van der Waals surface area contributed by atoms with Crippen LogP contribution >= 0.6 is 0 Å². The highest BCUT2D eigenvalue weighted by molar-refractivity contribution is 4.75. The lowest BCUT2D eigenvalue weighted by atomic mass is 10.2. The normalized spacial score (nSPS) is 23.9. The lowest BCUT2D eigenvalue weighted by molar-refractivity contribution is -0.232. The second-order valence-electron chi connectivity index (χ2n) is 6.17. The summed E-state index contributed by atoms with van der Waals surface area (Å²) in [6, 6.07) is 0. The highest BCUT2D eigenvalue weighted by atomic mass is 19.4. The summed E-state index contributed by atoms with van der Waals surface area (Å²) >= 11 is 0. The van der Waals surface area contributed by atoms with Crippen molar-refractivity contribution in [3.63, 3.8) is 0 Å². The van der Waals surface area contributed by atoms with Crippen molar-refractivity contribution >= 4 is 0 Å². The average molecular weight is 412 g/mol. The number of hydrogen-bond acceptors (Lipinski definition) is 5. The molecule has 11 heteroatoms. The van der Waals surface area contributed by atoms with Crippen LogP contribution in [0.3, 0.4) is 0 Å². The highest BCUT2D eigenvalue weighted by Gasteiger charge is 2.36. The Kier molecular flexibility index (Phi) is 10.9. The Morgan fingerprint density at radius 3 is 1.44 bits per heavy atom. The molecular weight excluding hydrogens is 386 g/mol. The van der Waals surface area contributed by atoms with Crippen LogP contribution in [0.5, 0.6) is 0 Å². The molecule has 0 aliphatic carbocycles. The van der Waals surface area contributed by atoms with Gasteiger partial charge in [0.1, 0.15) is 12.2 Å². The first-order valence-corrected chi connectivity index (χ1v) is 8.73. The van der Waals surface area contributed by atoms with Gasteiger partial charge in [0.25, 0.3) is 6.48 Å². The first kappa shape index (κ1) is 24.4. The number of unbranched alkanes of at least 4 members (excludes halogenated alkanes) is 2. The minimum atomic E-state index is -4.17. The molecule has 1 aliphatic heterocycles. The second kappa shape index (κ2) is 12.1. The molecule has 1 fully saturated rings. The monoisotopic (exact) mass is 412 g/mol. The fourth-order valence-electron chi connectivity index (χ4n) is 2.36. The third kappa shape index (κ3) is 12.5. The molecule has 0 amide bonds. The minimum absolute atomic E-state index is 0.0172. The summed E-state index contributed by atoms with van der Waals surface area (Å²) in [5.74, 6) is 0. The fourth-order valence-corrected chi connectivity index (χ4v) is 2.36. The SMILES string of the molecule is COC1OC(COCCCCC(F)(F)F)C(COCCCCC(F)(F)F)O1. The maximum atomic E-state index is 12.0. The molecule has 5 nitrogen and oxygen atoms in total. The molecule has 162 valence electrons. The van der Waals surface area contributed by atoms with Gasteiger partial charge < -0.3 is 23.7 Å². The largest absolute Gasteiger partial charge is 0.389 e. The van der Waals surface area contributed by atoms with E-state index in [1.165, 1.54) is 7.11 Å². The smallest absolute Gasteiger partial charge is 0.379 e. The van der Waals surface area contributed by atoms with E-state index in [-0.39, 0.29) is 52.1 Å². The summed E-state index contributed by atoms with van der Waals surface area (Å²) in [5, 5.41) is 0. The molecule has 2 unspecified atom stereocenters. The van der Waals surface area contributed by atoms with E-state index in [0.717, 1.165) is 0 Å². The van der Waals surface area contributed by atoms with Crippen LogP contribution < -0.4 is 0 Å². The first-order chi connectivity index (χ1) is 12.6. The van der Waals surface area contributed by atoms with Crippen molar-refractivity contribution in [3.8, 4) is 0 Å². The lowest BCUT2D eigenvalue weighted by Gasteiger charge is -2.17. The Bertz CT molecular complexity index is 356. The van der Waals surface area contributed by atoms with E-state index in [1.807, 2.05) is 0 Å². The fraction of sp³-hybridized carbons (Fsp3) is 1.00. The maximum Gasteiger partial charge on any atom is 0.389 e. The van der Waals surface area contributed by atoms with Crippen LogP contribution in [0.25, 0.3) is 0 Å². The van der Waals surface area contributed by atoms with Gasteiger partial charge in [-0.15, -0.1) is 0 Å². The van der Waals surface area contributed by atoms with Crippen molar-refractivity contribution in [1.29, 1.82) is 0 Å². The molecular formula is C16H26F6O5. The molecule has 27 heavy (non-hydrogen) atoms. The van der Waals surface area contributed by atoms with Crippen LogP contribution in [0.4, 0.5) is 26.3 Å². The standard InChI is InChI=1S/C16H26F6O5/c1-23-14-26-12(10-24-8-4-2-6-15(17,18)19)13(27-14)11-25-9-5-3-7-16(20,21)22/h12-14H,2-11H2,1H3. The number of halogens is 6. The van der Waals surface area contributed by atoms with Gasteiger partial charge in [-0.2, -0.15) is 26.3 Å². The highest BCUT2D eigenvalue weighted by Crippen LogP contribution is 2.24. The molecule has 0 N–H and O–H groups in total. The molecule has 0 aromatic carbocycles. The van der Waals surface area contributed by atoms with E-state index in [0.29, 0.717) is 0 Å². The zero-order valence-electron chi connectivity index (χ0n) is 15.1. The zero-order valence-corrected chi connectivity index (χ0v) is 15.1. The van der Waals surface area contributed by atoms with Gasteiger partial charge in [0.2, 0.25) is 0 Å². The van der Waals surface area contributed by atoms with Crippen LogP contribution in [0.1, 0.15) is 38.5 Å². The van der Waals surface area contributed by atoms with Crippen LogP contribution in [0.15, 0.2) is 0 Å². The Hall–Kier alpha value is -0.620. The number of methoxy groups -OCH3 is 1. The van der Waals surface area contributed by atoms with E-state index >= 15 is 0 Å². The van der Waals surface area contributed by atoms with Gasteiger partial charge in [0.15, 0.2) is 0 Å². The summed E-state index contributed by atoms with van der Waals surface area (Å²) < 4.78 is 98.7. The molecule has 0 saturated carbocycles. The number of hydrogen-bond donors (Lipinski definition) is 0. The number of alkyl halides is 6. The Morgan fingerprint density at radius 2 is 1.11 bits per heavy atom. The van der Waals surface area contributed by atoms with Crippen molar-refractivity contribution in [1.82, 2.24) is 0 Å². The Labute approximate surface area is 154 Å². The molecule has 0 spiro atoms. The van der Waals surface area contributed by atoms with Crippen molar-refractivity contribution in [3.05, 3.63) is 0 Å². The van der Waals surface area contributed by atoms with Crippen molar-refractivity contribution in [2.24, 2.45) is 0 Å². The Morgan fingerprint density at radius 1 is 0.704 bits per heavy atom. The van der Waals surface area contributed by atoms with E-state index < -0.39 is 43.9 Å². The summed E-state index contributed by atoms with van der Waals surface area (Å²) in [6.07, 6.45) is -10.6.